The standard InChI is InChI=1S/C20H24N4O4/c1-12-5-7-20(8-6-12,19(27)28)24-16(25)10-15-13(2)22-17(23-18(15)26)14-4-3-9-21-11-14/h3-4,9,11-12H,5-8,10H2,1-2H3,(H,24,25)(H,27,28)(H,22,23,26). The Bertz CT molecular complexity index is 931. The highest BCUT2D eigenvalue weighted by molar-refractivity contribution is 5.88. The van der Waals surface area contributed by atoms with Crippen molar-refractivity contribution >= 4 is 11.9 Å². The summed E-state index contributed by atoms with van der Waals surface area (Å²) in [4.78, 5) is 47.9. The van der Waals surface area contributed by atoms with Gasteiger partial charge in [0.2, 0.25) is 5.91 Å². The van der Waals surface area contributed by atoms with Crippen molar-refractivity contribution in [3.8, 4) is 11.4 Å². The lowest BCUT2D eigenvalue weighted by atomic mass is 9.77. The average Bonchev–Trinajstić information content (AvgIpc) is 2.67. The smallest absolute Gasteiger partial charge is 0.329 e. The summed E-state index contributed by atoms with van der Waals surface area (Å²) in [6.45, 7) is 3.74. The number of hydrogen-bond donors (Lipinski definition) is 3. The number of carbonyl (C=O) groups is 2. The predicted octanol–water partition coefficient (Wildman–Crippen LogP) is 1.83. The van der Waals surface area contributed by atoms with Gasteiger partial charge in [-0.2, -0.15) is 0 Å². The second-order valence-electron chi connectivity index (χ2n) is 7.51. The zero-order chi connectivity index (χ0) is 20.3. The third-order valence-corrected chi connectivity index (χ3v) is 5.41. The number of aromatic amines is 1. The van der Waals surface area contributed by atoms with Gasteiger partial charge in [0.05, 0.1) is 6.42 Å². The topological polar surface area (TPSA) is 125 Å². The molecule has 28 heavy (non-hydrogen) atoms. The van der Waals surface area contributed by atoms with E-state index >= 15 is 0 Å². The molecule has 0 unspecified atom stereocenters. The molecule has 1 aliphatic rings. The molecule has 0 radical (unpaired) electrons. The zero-order valence-electron chi connectivity index (χ0n) is 16.0. The van der Waals surface area contributed by atoms with Gasteiger partial charge < -0.3 is 15.4 Å². The van der Waals surface area contributed by atoms with E-state index in [2.05, 4.69) is 27.2 Å². The molecule has 3 rings (SSSR count). The van der Waals surface area contributed by atoms with Crippen molar-refractivity contribution in [1.29, 1.82) is 0 Å². The lowest BCUT2D eigenvalue weighted by Gasteiger charge is -2.36. The number of nitrogens with one attached hydrogen (secondary N) is 2. The number of aryl methyl sites for hydroxylation is 1. The molecule has 0 atom stereocenters. The number of rotatable bonds is 5. The molecule has 0 spiro atoms. The molecule has 0 aliphatic heterocycles. The van der Waals surface area contributed by atoms with Crippen molar-refractivity contribution in [3.05, 3.63) is 46.1 Å². The molecule has 2 aromatic heterocycles. The molecule has 3 N–H and O–H groups in total. The van der Waals surface area contributed by atoms with Gasteiger partial charge in [-0.3, -0.25) is 14.6 Å². The first-order valence-corrected chi connectivity index (χ1v) is 9.35. The van der Waals surface area contributed by atoms with E-state index in [1.165, 1.54) is 0 Å². The maximum absolute atomic E-state index is 12.6. The van der Waals surface area contributed by atoms with Crippen LogP contribution in [0.3, 0.4) is 0 Å². The fourth-order valence-corrected chi connectivity index (χ4v) is 3.58. The van der Waals surface area contributed by atoms with E-state index in [4.69, 9.17) is 0 Å². The van der Waals surface area contributed by atoms with E-state index in [0.717, 1.165) is 12.8 Å². The summed E-state index contributed by atoms with van der Waals surface area (Å²) in [7, 11) is 0. The molecule has 0 saturated heterocycles. The van der Waals surface area contributed by atoms with E-state index in [1.807, 2.05) is 0 Å². The predicted molar refractivity (Wildman–Crippen MR) is 103 cm³/mol. The van der Waals surface area contributed by atoms with Crippen LogP contribution < -0.4 is 10.9 Å². The Morgan fingerprint density at radius 3 is 2.64 bits per heavy atom. The molecule has 1 amide bonds. The van der Waals surface area contributed by atoms with Gasteiger partial charge in [-0.05, 0) is 50.7 Å². The van der Waals surface area contributed by atoms with Crippen LogP contribution >= 0.6 is 0 Å². The summed E-state index contributed by atoms with van der Waals surface area (Å²) in [5.74, 6) is -0.688. The lowest BCUT2D eigenvalue weighted by Crippen LogP contribution is -2.56. The van der Waals surface area contributed by atoms with Crippen molar-refractivity contribution in [2.24, 2.45) is 5.92 Å². The first-order chi connectivity index (χ1) is 13.3. The van der Waals surface area contributed by atoms with E-state index in [1.54, 1.807) is 31.5 Å². The van der Waals surface area contributed by atoms with Gasteiger partial charge in [-0.15, -0.1) is 0 Å². The molecular weight excluding hydrogens is 360 g/mol. The number of nitrogens with zero attached hydrogens (tertiary/aromatic N) is 2. The first-order valence-electron chi connectivity index (χ1n) is 9.35. The van der Waals surface area contributed by atoms with Gasteiger partial charge in [0.1, 0.15) is 11.4 Å². The Hall–Kier alpha value is -3.03. The number of aliphatic carboxylic acids is 1. The largest absolute Gasteiger partial charge is 0.480 e. The van der Waals surface area contributed by atoms with Crippen molar-refractivity contribution < 1.29 is 14.7 Å². The summed E-state index contributed by atoms with van der Waals surface area (Å²) in [6.07, 6.45) is 5.26. The van der Waals surface area contributed by atoms with Crippen LogP contribution in [-0.2, 0) is 16.0 Å². The molecule has 2 heterocycles. The van der Waals surface area contributed by atoms with Crippen LogP contribution in [0, 0.1) is 12.8 Å². The third-order valence-electron chi connectivity index (χ3n) is 5.41. The normalized spacial score (nSPS) is 21.9. The van der Waals surface area contributed by atoms with Gasteiger partial charge in [-0.1, -0.05) is 6.92 Å². The number of amides is 1. The number of carboxylic acid groups (broad SMARTS) is 1. The van der Waals surface area contributed by atoms with Crippen LogP contribution in [-0.4, -0.2) is 37.5 Å². The van der Waals surface area contributed by atoms with Gasteiger partial charge in [0.25, 0.3) is 5.56 Å². The third kappa shape index (κ3) is 4.11. The number of hydrogen-bond acceptors (Lipinski definition) is 5. The quantitative estimate of drug-likeness (QED) is 0.722. The lowest BCUT2D eigenvalue weighted by molar-refractivity contribution is -0.149. The van der Waals surface area contributed by atoms with Gasteiger partial charge in [0.15, 0.2) is 0 Å². The van der Waals surface area contributed by atoms with E-state index in [0.29, 0.717) is 35.8 Å². The summed E-state index contributed by atoms with van der Waals surface area (Å²) in [6, 6.07) is 3.51. The van der Waals surface area contributed by atoms with Crippen LogP contribution in [0.15, 0.2) is 29.3 Å². The maximum atomic E-state index is 12.6. The summed E-state index contributed by atoms with van der Waals surface area (Å²) < 4.78 is 0. The molecule has 2 aromatic rings. The fraction of sp³-hybridized carbons (Fsp3) is 0.450. The second kappa shape index (κ2) is 7.92. The Balaban J connectivity index is 1.79. The Morgan fingerprint density at radius 1 is 1.36 bits per heavy atom. The Morgan fingerprint density at radius 2 is 2.07 bits per heavy atom. The van der Waals surface area contributed by atoms with Gasteiger partial charge in [0, 0.05) is 29.2 Å². The molecule has 8 nitrogen and oxygen atoms in total. The van der Waals surface area contributed by atoms with Crippen LogP contribution in [0.5, 0.6) is 0 Å². The number of carboxylic acids is 1. The molecule has 1 fully saturated rings. The highest BCUT2D eigenvalue weighted by Gasteiger charge is 2.42. The van der Waals surface area contributed by atoms with Crippen molar-refractivity contribution in [3.63, 3.8) is 0 Å². The molecule has 148 valence electrons. The number of pyridine rings is 1. The Labute approximate surface area is 162 Å². The molecule has 8 heteroatoms. The maximum Gasteiger partial charge on any atom is 0.329 e. The average molecular weight is 384 g/mol. The van der Waals surface area contributed by atoms with Crippen LogP contribution in [0.1, 0.15) is 43.9 Å². The molecular formula is C20H24N4O4. The highest BCUT2D eigenvalue weighted by atomic mass is 16.4. The second-order valence-corrected chi connectivity index (χ2v) is 7.51. The van der Waals surface area contributed by atoms with Crippen LogP contribution in [0.25, 0.3) is 11.4 Å². The number of H-pyrrole nitrogens is 1. The molecule has 1 saturated carbocycles. The molecule has 0 aromatic carbocycles. The first kappa shape index (κ1) is 19.7. The van der Waals surface area contributed by atoms with Crippen LogP contribution in [0.4, 0.5) is 0 Å². The van der Waals surface area contributed by atoms with Crippen molar-refractivity contribution in [2.75, 3.05) is 0 Å². The van der Waals surface area contributed by atoms with E-state index < -0.39 is 23.0 Å². The Kier molecular flexibility index (Phi) is 5.58. The number of aromatic nitrogens is 3. The minimum atomic E-state index is -1.26. The summed E-state index contributed by atoms with van der Waals surface area (Å²) >= 11 is 0. The monoisotopic (exact) mass is 384 g/mol. The molecule has 0 bridgehead atoms. The van der Waals surface area contributed by atoms with E-state index in [-0.39, 0.29) is 12.0 Å². The fourth-order valence-electron chi connectivity index (χ4n) is 3.58. The van der Waals surface area contributed by atoms with Crippen molar-refractivity contribution in [1.82, 2.24) is 20.3 Å². The minimum absolute atomic E-state index is 0.216. The summed E-state index contributed by atoms with van der Waals surface area (Å²) in [5, 5.41) is 12.3. The summed E-state index contributed by atoms with van der Waals surface area (Å²) in [5.41, 5.74) is -0.342. The van der Waals surface area contributed by atoms with E-state index in [9.17, 15) is 19.5 Å². The number of carbonyl (C=O) groups excluding carboxylic acids is 1. The van der Waals surface area contributed by atoms with Gasteiger partial charge >= 0.3 is 5.97 Å². The van der Waals surface area contributed by atoms with Gasteiger partial charge in [-0.25, -0.2) is 9.78 Å². The molecule has 1 aliphatic carbocycles. The van der Waals surface area contributed by atoms with Crippen LogP contribution in [0.2, 0.25) is 0 Å². The SMILES string of the molecule is Cc1nc(-c2cccnc2)[nH]c(=O)c1CC(=O)NC1(C(=O)O)CCC(C)CC1. The minimum Gasteiger partial charge on any atom is -0.480 e. The van der Waals surface area contributed by atoms with Crippen molar-refractivity contribution in [2.45, 2.75) is 51.5 Å². The highest BCUT2D eigenvalue weighted by Crippen LogP contribution is 2.32. The zero-order valence-corrected chi connectivity index (χ0v) is 16.0.